The highest BCUT2D eigenvalue weighted by Gasteiger charge is 2.33. The van der Waals surface area contributed by atoms with Gasteiger partial charge in [-0.1, -0.05) is 50.1 Å². The number of rotatable bonds is 7. The minimum Gasteiger partial charge on any atom is -0.467 e. The van der Waals surface area contributed by atoms with Crippen molar-refractivity contribution in [2.45, 2.75) is 86.4 Å². The fraction of sp³-hybridized carbons (Fsp3) is 0.519. The predicted octanol–water partition coefficient (Wildman–Crippen LogP) is 6.82. The van der Waals surface area contributed by atoms with Crippen LogP contribution in [-0.2, 0) is 27.1 Å². The summed E-state index contributed by atoms with van der Waals surface area (Å²) in [5, 5.41) is 0. The Morgan fingerprint density at radius 2 is 1.57 bits per heavy atom. The lowest BCUT2D eigenvalue weighted by Gasteiger charge is -2.31. The molecule has 0 amide bonds. The van der Waals surface area contributed by atoms with Crippen LogP contribution in [0.2, 0.25) is 0 Å². The minimum absolute atomic E-state index is 0.355. The molecule has 2 aromatic carbocycles. The largest absolute Gasteiger partial charge is 0.467 e. The van der Waals surface area contributed by atoms with Gasteiger partial charge in [0.2, 0.25) is 0 Å². The molecule has 2 aromatic rings. The number of ether oxygens (including phenoxy) is 2. The zero-order valence-corrected chi connectivity index (χ0v) is 20.2. The fourth-order valence-electron chi connectivity index (χ4n) is 4.33. The monoisotopic (exact) mass is 410 g/mol. The van der Waals surface area contributed by atoms with Gasteiger partial charge in [-0.2, -0.15) is 0 Å². The summed E-state index contributed by atoms with van der Waals surface area (Å²) in [7, 11) is 1.43. The molecule has 0 bridgehead atoms. The van der Waals surface area contributed by atoms with Crippen LogP contribution < -0.4 is 0 Å². The third-order valence-electron chi connectivity index (χ3n) is 5.66. The number of carbonyl (C=O) groups is 1. The second-order valence-electron chi connectivity index (χ2n) is 9.10. The summed E-state index contributed by atoms with van der Waals surface area (Å²) in [6.07, 6.45) is 2.26. The number of hydrogen-bond acceptors (Lipinski definition) is 3. The predicted molar refractivity (Wildman–Crippen MR) is 125 cm³/mol. The number of hydrogen-bond donors (Lipinski definition) is 0. The Balaban J connectivity index is 2.95. The van der Waals surface area contributed by atoms with E-state index in [1.165, 1.54) is 29.4 Å². The first-order valence-electron chi connectivity index (χ1n) is 11.0. The van der Waals surface area contributed by atoms with E-state index in [9.17, 15) is 4.79 Å². The molecular weight excluding hydrogens is 372 g/mol. The van der Waals surface area contributed by atoms with Crippen LogP contribution in [0.5, 0.6) is 0 Å². The van der Waals surface area contributed by atoms with Crippen molar-refractivity contribution in [2.75, 3.05) is 7.11 Å². The quantitative estimate of drug-likeness (QED) is 0.470. The highest BCUT2D eigenvalue weighted by atomic mass is 16.6. The average Bonchev–Trinajstić information content (AvgIpc) is 2.68. The molecule has 0 spiro atoms. The van der Waals surface area contributed by atoms with Gasteiger partial charge in [-0.15, -0.1) is 0 Å². The first kappa shape index (κ1) is 24.1. The van der Waals surface area contributed by atoms with Crippen molar-refractivity contribution in [1.82, 2.24) is 0 Å². The molecule has 2 rings (SSSR count). The van der Waals surface area contributed by atoms with Crippen LogP contribution in [0.3, 0.4) is 0 Å². The molecule has 0 fully saturated rings. The van der Waals surface area contributed by atoms with Crippen molar-refractivity contribution in [3.8, 4) is 11.1 Å². The van der Waals surface area contributed by atoms with E-state index in [2.05, 4.69) is 58.9 Å². The summed E-state index contributed by atoms with van der Waals surface area (Å²) >= 11 is 0. The molecule has 0 heterocycles. The van der Waals surface area contributed by atoms with E-state index in [1.807, 2.05) is 20.8 Å². The van der Waals surface area contributed by atoms with E-state index in [0.717, 1.165) is 41.5 Å². The minimum atomic E-state index is -0.772. The molecule has 0 saturated heterocycles. The summed E-state index contributed by atoms with van der Waals surface area (Å²) < 4.78 is 11.5. The van der Waals surface area contributed by atoms with Gasteiger partial charge >= 0.3 is 5.97 Å². The Bertz CT molecular complexity index is 886. The third-order valence-corrected chi connectivity index (χ3v) is 5.66. The maximum Gasteiger partial charge on any atom is 0.339 e. The van der Waals surface area contributed by atoms with Crippen molar-refractivity contribution in [2.24, 2.45) is 0 Å². The second kappa shape index (κ2) is 9.78. The van der Waals surface area contributed by atoms with Gasteiger partial charge in [0, 0.05) is 5.56 Å². The van der Waals surface area contributed by atoms with Gasteiger partial charge in [-0.25, -0.2) is 4.79 Å². The molecule has 3 heteroatoms. The molecule has 1 atom stereocenters. The van der Waals surface area contributed by atoms with E-state index >= 15 is 0 Å². The Kier molecular flexibility index (Phi) is 7.87. The summed E-state index contributed by atoms with van der Waals surface area (Å²) in [5.74, 6) is -0.355. The Morgan fingerprint density at radius 1 is 0.967 bits per heavy atom. The maximum absolute atomic E-state index is 13.0. The Labute approximate surface area is 182 Å². The second-order valence-corrected chi connectivity index (χ2v) is 9.10. The Morgan fingerprint density at radius 3 is 2.03 bits per heavy atom. The maximum atomic E-state index is 13.0. The molecule has 3 nitrogen and oxygen atoms in total. The molecule has 0 aliphatic rings. The molecule has 0 N–H and O–H groups in total. The smallest absolute Gasteiger partial charge is 0.339 e. The van der Waals surface area contributed by atoms with Gasteiger partial charge in [0.05, 0.1) is 12.7 Å². The van der Waals surface area contributed by atoms with Crippen molar-refractivity contribution in [3.05, 3.63) is 57.6 Å². The van der Waals surface area contributed by atoms with E-state index < -0.39 is 11.7 Å². The summed E-state index contributed by atoms with van der Waals surface area (Å²) in [5.41, 5.74) is 8.99. The molecule has 0 aliphatic carbocycles. The molecule has 1 unspecified atom stereocenters. The molecule has 30 heavy (non-hydrogen) atoms. The van der Waals surface area contributed by atoms with Crippen LogP contribution in [0.25, 0.3) is 11.1 Å². The van der Waals surface area contributed by atoms with Crippen molar-refractivity contribution >= 4 is 5.97 Å². The standard InChI is InChI=1S/C27H38O3/c1-10-12-22-19(5)23(20-15-13-17(3)14-16-20)24(18(4)21(22)11-2)25(26(28)29-9)30-27(6,7)8/h13-16,25H,10-12H2,1-9H3. The fourth-order valence-corrected chi connectivity index (χ4v) is 4.33. The first-order chi connectivity index (χ1) is 14.1. The lowest BCUT2D eigenvalue weighted by atomic mass is 9.80. The summed E-state index contributed by atoms with van der Waals surface area (Å²) in [6.45, 7) is 16.7. The summed E-state index contributed by atoms with van der Waals surface area (Å²) in [6, 6.07) is 8.54. The number of benzene rings is 2. The number of carbonyl (C=O) groups excluding carboxylic acids is 1. The SMILES string of the molecule is CCCc1c(C)c(-c2ccc(C)cc2)c(C(OC(C)(C)C)C(=O)OC)c(C)c1CC. The van der Waals surface area contributed by atoms with Crippen molar-refractivity contribution in [1.29, 1.82) is 0 Å². The van der Waals surface area contributed by atoms with Gasteiger partial charge in [-0.05, 0) is 87.8 Å². The first-order valence-corrected chi connectivity index (χ1v) is 11.0. The highest BCUT2D eigenvalue weighted by molar-refractivity contribution is 5.84. The zero-order chi connectivity index (χ0) is 22.6. The van der Waals surface area contributed by atoms with E-state index in [4.69, 9.17) is 9.47 Å². The number of aryl methyl sites for hydroxylation is 1. The molecule has 0 saturated carbocycles. The van der Waals surface area contributed by atoms with Gasteiger partial charge in [0.15, 0.2) is 6.10 Å². The molecular formula is C27H38O3. The normalized spacial score (nSPS) is 12.7. The zero-order valence-electron chi connectivity index (χ0n) is 20.2. The molecule has 0 radical (unpaired) electrons. The number of esters is 1. The molecule has 0 aromatic heterocycles. The van der Waals surface area contributed by atoms with Gasteiger partial charge < -0.3 is 9.47 Å². The van der Waals surface area contributed by atoms with Crippen molar-refractivity contribution in [3.63, 3.8) is 0 Å². The molecule has 0 aliphatic heterocycles. The molecule has 164 valence electrons. The van der Waals surface area contributed by atoms with Crippen LogP contribution in [0.4, 0.5) is 0 Å². The number of methoxy groups -OCH3 is 1. The van der Waals surface area contributed by atoms with Crippen LogP contribution in [0.1, 0.15) is 80.5 Å². The van der Waals surface area contributed by atoms with Crippen LogP contribution in [0.15, 0.2) is 24.3 Å². The van der Waals surface area contributed by atoms with E-state index in [-0.39, 0.29) is 5.97 Å². The lowest BCUT2D eigenvalue weighted by molar-refractivity contribution is -0.164. The van der Waals surface area contributed by atoms with Gasteiger partial charge in [0.25, 0.3) is 0 Å². The Hall–Kier alpha value is -2.13. The lowest BCUT2D eigenvalue weighted by Crippen LogP contribution is -2.29. The van der Waals surface area contributed by atoms with Crippen LogP contribution >= 0.6 is 0 Å². The third kappa shape index (κ3) is 5.13. The topological polar surface area (TPSA) is 35.5 Å². The van der Waals surface area contributed by atoms with Gasteiger partial charge in [-0.3, -0.25) is 0 Å². The van der Waals surface area contributed by atoms with Crippen molar-refractivity contribution < 1.29 is 14.3 Å². The van der Waals surface area contributed by atoms with E-state index in [1.54, 1.807) is 0 Å². The van der Waals surface area contributed by atoms with Gasteiger partial charge in [0.1, 0.15) is 0 Å². The average molecular weight is 411 g/mol. The van der Waals surface area contributed by atoms with Crippen LogP contribution in [-0.4, -0.2) is 18.7 Å². The van der Waals surface area contributed by atoms with Crippen LogP contribution in [0, 0.1) is 20.8 Å². The highest BCUT2D eigenvalue weighted by Crippen LogP contribution is 2.42. The summed E-state index contributed by atoms with van der Waals surface area (Å²) in [4.78, 5) is 13.0. The van der Waals surface area contributed by atoms with E-state index in [0.29, 0.717) is 0 Å².